The van der Waals surface area contributed by atoms with Crippen molar-refractivity contribution in [3.8, 4) is 0 Å². The topological polar surface area (TPSA) is 97.1 Å². The first-order chi connectivity index (χ1) is 12.6. The van der Waals surface area contributed by atoms with Gasteiger partial charge in [-0.2, -0.15) is 5.10 Å². The van der Waals surface area contributed by atoms with Crippen molar-refractivity contribution in [1.29, 1.82) is 0 Å². The smallest absolute Gasteiger partial charge is 0.307 e. The lowest BCUT2D eigenvalue weighted by atomic mass is 9.62. The monoisotopic (exact) mass is 352 g/mol. The van der Waals surface area contributed by atoms with Crippen molar-refractivity contribution in [2.24, 2.45) is 23.7 Å². The molecule has 1 saturated carbocycles. The molecule has 26 heavy (non-hydrogen) atoms. The van der Waals surface area contributed by atoms with E-state index in [9.17, 15) is 14.7 Å². The summed E-state index contributed by atoms with van der Waals surface area (Å²) in [5.74, 6) is -2.27. The van der Waals surface area contributed by atoms with Crippen LogP contribution in [0.15, 0.2) is 49.1 Å². The molecule has 2 bridgehead atoms. The number of carboxylic acids is 1. The normalized spacial score (nSPS) is 26.6. The minimum atomic E-state index is -0.882. The summed E-state index contributed by atoms with van der Waals surface area (Å²) < 4.78 is 1.72. The van der Waals surface area contributed by atoms with Gasteiger partial charge in [0.15, 0.2) is 0 Å². The summed E-state index contributed by atoms with van der Waals surface area (Å²) in [6.07, 6.45) is 8.83. The van der Waals surface area contributed by atoms with Crippen LogP contribution >= 0.6 is 0 Å². The third-order valence-electron chi connectivity index (χ3n) is 5.37. The number of carbonyl (C=O) groups excluding carboxylic acids is 1. The van der Waals surface area contributed by atoms with Crippen LogP contribution in [0.2, 0.25) is 0 Å². The summed E-state index contributed by atoms with van der Waals surface area (Å²) >= 11 is 0. The number of allylic oxidation sites excluding steroid dienone is 2. The summed E-state index contributed by atoms with van der Waals surface area (Å²) in [6, 6.07) is 7.49. The van der Waals surface area contributed by atoms with Crippen LogP contribution < -0.4 is 5.32 Å². The summed E-state index contributed by atoms with van der Waals surface area (Å²) in [6.45, 7) is 0.604. The second-order valence-corrected chi connectivity index (χ2v) is 6.96. The predicted octanol–water partition coefficient (Wildman–Crippen LogP) is 2.18. The number of nitrogens with zero attached hydrogens (tertiary/aromatic N) is 3. The van der Waals surface area contributed by atoms with Crippen LogP contribution in [0.1, 0.15) is 18.4 Å². The highest BCUT2D eigenvalue weighted by molar-refractivity contribution is 5.96. The lowest BCUT2D eigenvalue weighted by molar-refractivity contribution is -0.151. The van der Waals surface area contributed by atoms with Crippen molar-refractivity contribution in [3.63, 3.8) is 0 Å². The first kappa shape index (κ1) is 16.5. The largest absolute Gasteiger partial charge is 0.481 e. The molecule has 5 rings (SSSR count). The third-order valence-corrected chi connectivity index (χ3v) is 5.37. The Bertz CT molecular complexity index is 829. The Morgan fingerprint density at radius 2 is 1.81 bits per heavy atom. The molecule has 0 radical (unpaired) electrons. The van der Waals surface area contributed by atoms with Crippen molar-refractivity contribution in [2.45, 2.75) is 19.4 Å². The summed E-state index contributed by atoms with van der Waals surface area (Å²) in [7, 11) is 0. The number of amides is 1. The van der Waals surface area contributed by atoms with E-state index in [1.807, 2.05) is 36.4 Å². The van der Waals surface area contributed by atoms with E-state index in [2.05, 4.69) is 15.4 Å². The second kappa shape index (κ2) is 6.74. The Hall–Kier alpha value is -2.96. The molecule has 1 aromatic carbocycles. The number of carbonyl (C=O) groups is 2. The number of anilines is 1. The standard InChI is InChI=1S/C19H20N4O3/c24-18(16-13-3-5-14(6-4-13)17(16)19(25)26)22-15-7-1-12(2-8-15)9-23-11-20-10-21-23/h1-3,5,7-8,10-11,13-14,16-17H,4,6,9H2,(H,22,24)(H,25,26)/t13-,14-,16-,17+/m0/s1. The number of hydrogen-bond donors (Lipinski definition) is 2. The van der Waals surface area contributed by atoms with Crippen molar-refractivity contribution >= 4 is 17.6 Å². The van der Waals surface area contributed by atoms with Crippen molar-refractivity contribution in [3.05, 3.63) is 54.6 Å². The van der Waals surface area contributed by atoms with E-state index in [1.165, 1.54) is 6.33 Å². The second-order valence-electron chi connectivity index (χ2n) is 6.96. The molecule has 134 valence electrons. The molecule has 1 fully saturated rings. The van der Waals surface area contributed by atoms with Gasteiger partial charge in [0.1, 0.15) is 12.7 Å². The fourth-order valence-electron chi connectivity index (χ4n) is 4.11. The molecule has 7 heteroatoms. The molecule has 0 spiro atoms. The van der Waals surface area contributed by atoms with Gasteiger partial charge >= 0.3 is 5.97 Å². The van der Waals surface area contributed by atoms with Crippen molar-refractivity contribution < 1.29 is 14.7 Å². The van der Waals surface area contributed by atoms with Gasteiger partial charge in [0.05, 0.1) is 18.4 Å². The number of rotatable bonds is 5. The van der Waals surface area contributed by atoms with E-state index < -0.39 is 17.8 Å². The number of aromatic nitrogens is 3. The van der Waals surface area contributed by atoms with E-state index in [1.54, 1.807) is 11.0 Å². The van der Waals surface area contributed by atoms with Crippen LogP contribution in [-0.4, -0.2) is 31.7 Å². The molecule has 0 aliphatic heterocycles. The highest BCUT2D eigenvalue weighted by Crippen LogP contribution is 2.45. The zero-order valence-corrected chi connectivity index (χ0v) is 14.2. The van der Waals surface area contributed by atoms with Gasteiger partial charge in [0.25, 0.3) is 0 Å². The number of aliphatic carboxylic acids is 1. The van der Waals surface area contributed by atoms with E-state index in [0.717, 1.165) is 18.4 Å². The Labute approximate surface area is 150 Å². The van der Waals surface area contributed by atoms with Gasteiger partial charge in [-0.15, -0.1) is 0 Å². The molecular formula is C19H20N4O3. The maximum absolute atomic E-state index is 12.8. The molecule has 3 aliphatic carbocycles. The van der Waals surface area contributed by atoms with Crippen LogP contribution in [0.4, 0.5) is 5.69 Å². The summed E-state index contributed by atoms with van der Waals surface area (Å²) in [5.41, 5.74) is 1.71. The number of nitrogens with one attached hydrogen (secondary N) is 1. The van der Waals surface area contributed by atoms with Crippen LogP contribution in [0.25, 0.3) is 0 Å². The van der Waals surface area contributed by atoms with Gasteiger partial charge in [0.2, 0.25) is 5.91 Å². The molecule has 1 amide bonds. The van der Waals surface area contributed by atoms with Crippen LogP contribution in [-0.2, 0) is 16.1 Å². The molecule has 2 N–H and O–H groups in total. The Balaban J connectivity index is 1.45. The van der Waals surface area contributed by atoms with Crippen molar-refractivity contribution in [2.75, 3.05) is 5.32 Å². The third kappa shape index (κ3) is 3.12. The fourth-order valence-corrected chi connectivity index (χ4v) is 4.11. The molecule has 7 nitrogen and oxygen atoms in total. The van der Waals surface area contributed by atoms with Gasteiger partial charge in [-0.05, 0) is 42.4 Å². The first-order valence-corrected chi connectivity index (χ1v) is 8.75. The van der Waals surface area contributed by atoms with E-state index in [-0.39, 0.29) is 17.7 Å². The van der Waals surface area contributed by atoms with E-state index in [4.69, 9.17) is 0 Å². The van der Waals surface area contributed by atoms with E-state index >= 15 is 0 Å². The molecule has 2 aromatic rings. The van der Waals surface area contributed by atoms with Crippen molar-refractivity contribution in [1.82, 2.24) is 14.8 Å². The van der Waals surface area contributed by atoms with Gasteiger partial charge in [-0.25, -0.2) is 9.67 Å². The minimum absolute atomic E-state index is 0.00712. The maximum Gasteiger partial charge on any atom is 0.307 e. The van der Waals surface area contributed by atoms with Gasteiger partial charge in [-0.3, -0.25) is 9.59 Å². The Kier molecular flexibility index (Phi) is 4.28. The summed E-state index contributed by atoms with van der Waals surface area (Å²) in [4.78, 5) is 28.4. The minimum Gasteiger partial charge on any atom is -0.481 e. The highest BCUT2D eigenvalue weighted by atomic mass is 16.4. The first-order valence-electron chi connectivity index (χ1n) is 8.75. The fraction of sp³-hybridized carbons (Fsp3) is 0.368. The zero-order chi connectivity index (χ0) is 18.1. The molecule has 1 heterocycles. The SMILES string of the molecule is O=C(Nc1ccc(Cn2cncn2)cc1)[C@@H]1[C@H](C(=O)O)[C@H]2C=C[C@H]1CC2. The highest BCUT2D eigenvalue weighted by Gasteiger charge is 2.48. The average molecular weight is 352 g/mol. The number of benzene rings is 1. The van der Waals surface area contributed by atoms with Gasteiger partial charge < -0.3 is 10.4 Å². The van der Waals surface area contributed by atoms with Crippen LogP contribution in [0.5, 0.6) is 0 Å². The molecule has 1 aromatic heterocycles. The number of hydrogen-bond acceptors (Lipinski definition) is 4. The predicted molar refractivity (Wildman–Crippen MR) is 94.2 cm³/mol. The van der Waals surface area contributed by atoms with Gasteiger partial charge in [0, 0.05) is 5.69 Å². The maximum atomic E-state index is 12.8. The molecule has 0 unspecified atom stereocenters. The lowest BCUT2D eigenvalue weighted by Gasteiger charge is -2.41. The lowest BCUT2D eigenvalue weighted by Crippen LogP contribution is -2.47. The number of fused-ring (bicyclic) bond motifs is 2. The van der Waals surface area contributed by atoms with Crippen LogP contribution in [0, 0.1) is 23.7 Å². The molecular weight excluding hydrogens is 332 g/mol. The zero-order valence-electron chi connectivity index (χ0n) is 14.2. The molecule has 0 saturated heterocycles. The molecule has 4 atom stereocenters. The molecule has 3 aliphatic rings. The van der Waals surface area contributed by atoms with Crippen LogP contribution in [0.3, 0.4) is 0 Å². The average Bonchev–Trinajstić information content (AvgIpc) is 3.16. The Morgan fingerprint density at radius 3 is 2.38 bits per heavy atom. The summed E-state index contributed by atoms with van der Waals surface area (Å²) in [5, 5.41) is 16.5. The quantitative estimate of drug-likeness (QED) is 0.804. The number of carboxylic acid groups (broad SMARTS) is 1. The van der Waals surface area contributed by atoms with Gasteiger partial charge in [-0.1, -0.05) is 24.3 Å². The van der Waals surface area contributed by atoms with E-state index in [0.29, 0.717) is 12.2 Å². The Morgan fingerprint density at radius 1 is 1.12 bits per heavy atom.